The van der Waals surface area contributed by atoms with E-state index < -0.39 is 18.5 Å². The zero-order valence-corrected chi connectivity index (χ0v) is 11.1. The van der Waals surface area contributed by atoms with Crippen molar-refractivity contribution in [2.45, 2.75) is 33.3 Å². The van der Waals surface area contributed by atoms with E-state index in [1.807, 2.05) is 27.7 Å². The van der Waals surface area contributed by atoms with Crippen molar-refractivity contribution >= 4 is 18.9 Å². The van der Waals surface area contributed by atoms with Crippen molar-refractivity contribution in [3.63, 3.8) is 0 Å². The van der Waals surface area contributed by atoms with Gasteiger partial charge in [-0.05, 0) is 37.4 Å². The van der Waals surface area contributed by atoms with E-state index in [2.05, 4.69) is 0 Å². The molecule has 0 fully saturated rings. The van der Waals surface area contributed by atoms with E-state index in [1.165, 1.54) is 12.1 Å². The SMILES string of the molecule is CC(C)C(C)(C)OB(O)c1ccc(F)cc1C=O. The summed E-state index contributed by atoms with van der Waals surface area (Å²) in [5.41, 5.74) is -0.171. The second-order valence-corrected chi connectivity index (χ2v) is 5.12. The highest BCUT2D eigenvalue weighted by molar-refractivity contribution is 6.61. The van der Waals surface area contributed by atoms with Crippen molar-refractivity contribution in [1.29, 1.82) is 0 Å². The zero-order valence-electron chi connectivity index (χ0n) is 11.1. The fraction of sp³-hybridized carbons (Fsp3) is 0.462. The Hall–Kier alpha value is -1.20. The normalized spacial score (nSPS) is 11.7. The van der Waals surface area contributed by atoms with Crippen molar-refractivity contribution < 1.29 is 18.9 Å². The van der Waals surface area contributed by atoms with Crippen molar-refractivity contribution in [2.24, 2.45) is 5.92 Å². The van der Waals surface area contributed by atoms with Gasteiger partial charge in [-0.1, -0.05) is 19.9 Å². The Morgan fingerprint density at radius 1 is 1.44 bits per heavy atom. The molecule has 18 heavy (non-hydrogen) atoms. The van der Waals surface area contributed by atoms with Crippen LogP contribution in [0.1, 0.15) is 38.1 Å². The van der Waals surface area contributed by atoms with Crippen LogP contribution in [0.4, 0.5) is 4.39 Å². The third kappa shape index (κ3) is 3.40. The maximum absolute atomic E-state index is 13.0. The molecule has 98 valence electrons. The molecule has 1 aromatic rings. The van der Waals surface area contributed by atoms with Gasteiger partial charge >= 0.3 is 7.12 Å². The summed E-state index contributed by atoms with van der Waals surface area (Å²) >= 11 is 0. The van der Waals surface area contributed by atoms with Crippen molar-refractivity contribution in [2.75, 3.05) is 0 Å². The predicted molar refractivity (Wildman–Crippen MR) is 69.4 cm³/mol. The molecule has 0 spiro atoms. The highest BCUT2D eigenvalue weighted by atomic mass is 19.1. The van der Waals surface area contributed by atoms with Crippen LogP contribution in [-0.4, -0.2) is 24.0 Å². The summed E-state index contributed by atoms with van der Waals surface area (Å²) in [5, 5.41) is 10.0. The lowest BCUT2D eigenvalue weighted by Gasteiger charge is -2.31. The first-order chi connectivity index (χ1) is 8.27. The molecule has 0 unspecified atom stereocenters. The minimum atomic E-state index is -1.25. The lowest BCUT2D eigenvalue weighted by molar-refractivity contribution is 0.0423. The number of benzene rings is 1. The Kier molecular flexibility index (Phi) is 4.65. The molecular formula is C13H18BFO3. The molecule has 0 aliphatic heterocycles. The van der Waals surface area contributed by atoms with E-state index in [1.54, 1.807) is 0 Å². The third-order valence-corrected chi connectivity index (χ3v) is 3.25. The van der Waals surface area contributed by atoms with Gasteiger partial charge in [-0.3, -0.25) is 4.79 Å². The monoisotopic (exact) mass is 252 g/mol. The van der Waals surface area contributed by atoms with Crippen molar-refractivity contribution in [3.8, 4) is 0 Å². The van der Waals surface area contributed by atoms with Gasteiger partial charge in [-0.25, -0.2) is 4.39 Å². The van der Waals surface area contributed by atoms with Gasteiger partial charge in [0.05, 0.1) is 5.60 Å². The van der Waals surface area contributed by atoms with Gasteiger partial charge in [0, 0.05) is 5.56 Å². The van der Waals surface area contributed by atoms with Crippen LogP contribution < -0.4 is 5.46 Å². The average Bonchev–Trinajstić information content (AvgIpc) is 2.27. The van der Waals surface area contributed by atoms with Gasteiger partial charge in [0.15, 0.2) is 0 Å². The van der Waals surface area contributed by atoms with Gasteiger partial charge in [-0.2, -0.15) is 0 Å². The van der Waals surface area contributed by atoms with Gasteiger partial charge in [0.1, 0.15) is 12.1 Å². The van der Waals surface area contributed by atoms with Crippen LogP contribution in [0.15, 0.2) is 18.2 Å². The molecule has 0 saturated carbocycles. The van der Waals surface area contributed by atoms with Crippen molar-refractivity contribution in [3.05, 3.63) is 29.6 Å². The molecular weight excluding hydrogens is 234 g/mol. The third-order valence-electron chi connectivity index (χ3n) is 3.25. The van der Waals surface area contributed by atoms with Crippen LogP contribution in [0, 0.1) is 11.7 Å². The fourth-order valence-electron chi connectivity index (χ4n) is 1.36. The highest BCUT2D eigenvalue weighted by Gasteiger charge is 2.31. The van der Waals surface area contributed by atoms with Gasteiger partial charge < -0.3 is 9.68 Å². The van der Waals surface area contributed by atoms with E-state index in [0.717, 1.165) is 6.07 Å². The largest absolute Gasteiger partial charge is 0.492 e. The number of rotatable bonds is 5. The lowest BCUT2D eigenvalue weighted by Crippen LogP contribution is -2.45. The molecule has 0 aliphatic rings. The van der Waals surface area contributed by atoms with Crippen LogP contribution in [0.5, 0.6) is 0 Å². The maximum Gasteiger partial charge on any atom is 0.492 e. The topological polar surface area (TPSA) is 46.5 Å². The Labute approximate surface area is 107 Å². The van der Waals surface area contributed by atoms with Crippen LogP contribution in [0.25, 0.3) is 0 Å². The summed E-state index contributed by atoms with van der Waals surface area (Å²) < 4.78 is 18.5. The van der Waals surface area contributed by atoms with Gasteiger partial charge in [-0.15, -0.1) is 0 Å². The first-order valence-electron chi connectivity index (χ1n) is 5.88. The number of hydrogen-bond donors (Lipinski definition) is 1. The number of halogens is 1. The first kappa shape index (κ1) is 14.9. The van der Waals surface area contributed by atoms with Gasteiger partial charge in [0.25, 0.3) is 0 Å². The zero-order chi connectivity index (χ0) is 13.9. The van der Waals surface area contributed by atoms with Crippen LogP contribution in [0.2, 0.25) is 0 Å². The molecule has 0 saturated heterocycles. The summed E-state index contributed by atoms with van der Waals surface area (Å²) in [5.74, 6) is -0.330. The molecule has 0 aromatic heterocycles. The first-order valence-corrected chi connectivity index (χ1v) is 5.88. The Morgan fingerprint density at radius 2 is 2.06 bits per heavy atom. The Bertz CT molecular complexity index is 432. The summed E-state index contributed by atoms with van der Waals surface area (Å²) in [4.78, 5) is 10.9. The second-order valence-electron chi connectivity index (χ2n) is 5.12. The molecule has 0 atom stereocenters. The molecule has 1 N–H and O–H groups in total. The fourth-order valence-corrected chi connectivity index (χ4v) is 1.36. The van der Waals surface area contributed by atoms with Crippen molar-refractivity contribution in [1.82, 2.24) is 0 Å². The molecule has 5 heteroatoms. The molecule has 1 rings (SSSR count). The van der Waals surface area contributed by atoms with E-state index in [4.69, 9.17) is 4.65 Å². The second kappa shape index (κ2) is 5.63. The minimum Gasteiger partial charge on any atom is -0.423 e. The summed E-state index contributed by atoms with van der Waals surface area (Å²) in [6.45, 7) is 7.64. The quantitative estimate of drug-likeness (QED) is 0.641. The van der Waals surface area contributed by atoms with Crippen LogP contribution in [0.3, 0.4) is 0 Å². The molecule has 0 bridgehead atoms. The summed E-state index contributed by atoms with van der Waals surface area (Å²) in [6.07, 6.45) is 0.507. The van der Waals surface area contributed by atoms with Gasteiger partial charge in [0.2, 0.25) is 0 Å². The maximum atomic E-state index is 13.0. The molecule has 1 aromatic carbocycles. The van der Waals surface area contributed by atoms with E-state index in [9.17, 15) is 14.2 Å². The molecule has 0 aliphatic carbocycles. The Balaban J connectivity index is 2.97. The molecule has 0 amide bonds. The highest BCUT2D eigenvalue weighted by Crippen LogP contribution is 2.21. The number of hydrogen-bond acceptors (Lipinski definition) is 3. The van der Waals surface area contributed by atoms with Crippen LogP contribution >= 0.6 is 0 Å². The van der Waals surface area contributed by atoms with E-state index in [-0.39, 0.29) is 16.9 Å². The number of aldehydes is 1. The lowest BCUT2D eigenvalue weighted by atomic mass is 9.75. The summed E-state index contributed by atoms with van der Waals surface area (Å²) in [6, 6.07) is 3.63. The molecule has 0 heterocycles. The standard InChI is InChI=1S/C13H18BFO3/c1-9(2)13(3,4)18-14(17)12-6-5-11(15)7-10(12)8-16/h5-9,17H,1-4H3. The van der Waals surface area contributed by atoms with Crippen LogP contribution in [-0.2, 0) is 4.65 Å². The average molecular weight is 252 g/mol. The molecule has 0 radical (unpaired) electrons. The van der Waals surface area contributed by atoms with E-state index >= 15 is 0 Å². The smallest absolute Gasteiger partial charge is 0.423 e. The molecule has 3 nitrogen and oxygen atoms in total. The summed E-state index contributed by atoms with van der Waals surface area (Å²) in [7, 11) is -1.25. The number of carbonyl (C=O) groups excluding carboxylic acids is 1. The minimum absolute atomic E-state index is 0.0991. The predicted octanol–water partition coefficient (Wildman–Crippen LogP) is 1.78. The van der Waals surface area contributed by atoms with E-state index in [0.29, 0.717) is 6.29 Å². The Morgan fingerprint density at radius 3 is 2.56 bits per heavy atom. The number of carbonyl (C=O) groups is 1.